The molecular weight excluding hydrogens is 236 g/mol. The first-order chi connectivity index (χ1) is 8.97. The molecule has 4 nitrogen and oxygen atoms in total. The summed E-state index contributed by atoms with van der Waals surface area (Å²) in [6.45, 7) is 7.63. The zero-order chi connectivity index (χ0) is 14.0. The number of hydrogen-bond donors (Lipinski definition) is 1. The number of nitrogens with two attached hydrogens (primary N) is 1. The molecule has 0 aromatic rings. The minimum atomic E-state index is 0.191. The Kier molecular flexibility index (Phi) is 3.96. The predicted molar refractivity (Wildman–Crippen MR) is 77.8 cm³/mol. The summed E-state index contributed by atoms with van der Waals surface area (Å²) in [5.41, 5.74) is 6.62. The molecule has 0 aromatic heterocycles. The zero-order valence-corrected chi connectivity index (χ0v) is 12.2. The fourth-order valence-corrected chi connectivity index (χ4v) is 3.60. The average Bonchev–Trinajstić information content (AvgIpc) is 2.78. The van der Waals surface area contributed by atoms with E-state index in [4.69, 9.17) is 11.0 Å². The molecule has 0 saturated carbocycles. The van der Waals surface area contributed by atoms with Gasteiger partial charge in [0.1, 0.15) is 11.9 Å². The molecule has 0 radical (unpaired) electrons. The highest BCUT2D eigenvalue weighted by Crippen LogP contribution is 2.38. The van der Waals surface area contributed by atoms with Crippen molar-refractivity contribution in [3.05, 3.63) is 11.6 Å². The van der Waals surface area contributed by atoms with Crippen LogP contribution in [0.25, 0.3) is 0 Å². The van der Waals surface area contributed by atoms with Gasteiger partial charge in [-0.1, -0.05) is 6.08 Å². The number of fused-ring (bicyclic) bond motifs is 1. The van der Waals surface area contributed by atoms with Crippen molar-refractivity contribution < 1.29 is 0 Å². The normalized spacial score (nSPS) is 31.9. The smallest absolute Gasteiger partial charge is 0.136 e. The van der Waals surface area contributed by atoms with Crippen molar-refractivity contribution in [2.45, 2.75) is 64.1 Å². The van der Waals surface area contributed by atoms with Crippen LogP contribution in [0.3, 0.4) is 0 Å². The summed E-state index contributed by atoms with van der Waals surface area (Å²) < 4.78 is 0. The van der Waals surface area contributed by atoms with E-state index >= 15 is 0 Å². The standard InChI is InChI=1S/C15H24N4/c1-4-11(10-16)14(17)18-12-8-13-6-5-7-19(13)15(2,3)9-12/h4,12-13H,5-9H2,1-3H3,(H2,17,18). The van der Waals surface area contributed by atoms with Gasteiger partial charge in [-0.25, -0.2) is 0 Å². The molecule has 0 aliphatic carbocycles. The van der Waals surface area contributed by atoms with Crippen LogP contribution in [-0.4, -0.2) is 34.9 Å². The van der Waals surface area contributed by atoms with E-state index in [2.05, 4.69) is 29.8 Å². The zero-order valence-electron chi connectivity index (χ0n) is 12.2. The van der Waals surface area contributed by atoms with Crippen molar-refractivity contribution in [2.24, 2.45) is 10.7 Å². The second-order valence-corrected chi connectivity index (χ2v) is 6.22. The summed E-state index contributed by atoms with van der Waals surface area (Å²) in [6.07, 6.45) is 6.39. The Labute approximate surface area is 116 Å². The highest BCUT2D eigenvalue weighted by molar-refractivity contribution is 6.00. The third kappa shape index (κ3) is 2.82. The fraction of sp³-hybridized carbons (Fsp3) is 0.733. The number of hydrogen-bond acceptors (Lipinski definition) is 3. The summed E-state index contributed by atoms with van der Waals surface area (Å²) in [5, 5.41) is 8.99. The molecule has 2 N–H and O–H groups in total. The summed E-state index contributed by atoms with van der Waals surface area (Å²) in [7, 11) is 0. The van der Waals surface area contributed by atoms with E-state index in [0.29, 0.717) is 17.5 Å². The Morgan fingerprint density at radius 3 is 2.89 bits per heavy atom. The quantitative estimate of drug-likeness (QED) is 0.470. The third-order valence-electron chi connectivity index (χ3n) is 4.44. The van der Waals surface area contributed by atoms with E-state index in [9.17, 15) is 0 Å². The lowest BCUT2D eigenvalue weighted by Gasteiger charge is -2.46. The summed E-state index contributed by atoms with van der Waals surface area (Å²) >= 11 is 0. The lowest BCUT2D eigenvalue weighted by molar-refractivity contribution is 0.0467. The minimum absolute atomic E-state index is 0.191. The van der Waals surface area contributed by atoms with Gasteiger partial charge in [-0.2, -0.15) is 5.26 Å². The first kappa shape index (κ1) is 14.1. The summed E-state index contributed by atoms with van der Waals surface area (Å²) in [6, 6.07) is 2.99. The lowest BCUT2D eigenvalue weighted by Crippen LogP contribution is -2.53. The van der Waals surface area contributed by atoms with Gasteiger partial charge >= 0.3 is 0 Å². The van der Waals surface area contributed by atoms with E-state index in [-0.39, 0.29) is 11.6 Å². The van der Waals surface area contributed by atoms with E-state index in [1.165, 1.54) is 19.4 Å². The van der Waals surface area contributed by atoms with Crippen LogP contribution in [0.5, 0.6) is 0 Å². The highest BCUT2D eigenvalue weighted by Gasteiger charge is 2.42. The van der Waals surface area contributed by atoms with Gasteiger partial charge in [0.15, 0.2) is 0 Å². The molecule has 2 saturated heterocycles. The van der Waals surface area contributed by atoms with E-state index in [1.807, 2.05) is 6.92 Å². The SMILES string of the molecule is CC=C(C#N)C(N)=NC1CC2CCCN2C(C)(C)C1. The van der Waals surface area contributed by atoms with Crippen molar-refractivity contribution >= 4 is 5.84 Å². The number of aliphatic imine (C=N–C) groups is 1. The molecule has 0 amide bonds. The van der Waals surface area contributed by atoms with Crippen LogP contribution in [0.4, 0.5) is 0 Å². The molecule has 0 aromatic carbocycles. The molecule has 104 valence electrons. The van der Waals surface area contributed by atoms with Crippen LogP contribution >= 0.6 is 0 Å². The van der Waals surface area contributed by atoms with Crippen molar-refractivity contribution in [1.82, 2.24) is 4.90 Å². The predicted octanol–water partition coefficient (Wildman–Crippen LogP) is 2.22. The second kappa shape index (κ2) is 5.34. The van der Waals surface area contributed by atoms with Crippen molar-refractivity contribution in [3.8, 4) is 6.07 Å². The van der Waals surface area contributed by atoms with Crippen LogP contribution in [-0.2, 0) is 0 Å². The lowest BCUT2D eigenvalue weighted by atomic mass is 9.84. The fourth-order valence-electron chi connectivity index (χ4n) is 3.60. The van der Waals surface area contributed by atoms with Gasteiger partial charge in [0.25, 0.3) is 0 Å². The van der Waals surface area contributed by atoms with Gasteiger partial charge in [0, 0.05) is 11.6 Å². The van der Waals surface area contributed by atoms with Gasteiger partial charge < -0.3 is 5.73 Å². The Bertz CT molecular complexity index is 442. The first-order valence-electron chi connectivity index (χ1n) is 7.14. The van der Waals surface area contributed by atoms with E-state index in [1.54, 1.807) is 6.08 Å². The van der Waals surface area contributed by atoms with Crippen molar-refractivity contribution in [1.29, 1.82) is 5.26 Å². The molecule has 2 fully saturated rings. The molecule has 2 aliphatic heterocycles. The molecule has 2 heterocycles. The van der Waals surface area contributed by atoms with Crippen molar-refractivity contribution in [2.75, 3.05) is 6.54 Å². The number of allylic oxidation sites excluding steroid dienone is 1. The van der Waals surface area contributed by atoms with Crippen molar-refractivity contribution in [3.63, 3.8) is 0 Å². The number of nitriles is 1. The van der Waals surface area contributed by atoms with Gasteiger partial charge in [-0.15, -0.1) is 0 Å². The number of rotatable bonds is 2. The molecular formula is C15H24N4. The van der Waals surface area contributed by atoms with Crippen LogP contribution in [0, 0.1) is 11.3 Å². The first-order valence-corrected chi connectivity index (χ1v) is 7.14. The van der Waals surface area contributed by atoms with E-state index < -0.39 is 0 Å². The van der Waals surface area contributed by atoms with Crippen LogP contribution in [0.15, 0.2) is 16.6 Å². The van der Waals surface area contributed by atoms with Gasteiger partial charge in [0.2, 0.25) is 0 Å². The van der Waals surface area contributed by atoms with E-state index in [0.717, 1.165) is 12.8 Å². The van der Waals surface area contributed by atoms with Crippen LogP contribution in [0.2, 0.25) is 0 Å². The largest absolute Gasteiger partial charge is 0.383 e. The monoisotopic (exact) mass is 260 g/mol. The molecule has 2 unspecified atom stereocenters. The Hall–Kier alpha value is -1.34. The average molecular weight is 260 g/mol. The number of amidine groups is 1. The minimum Gasteiger partial charge on any atom is -0.383 e. The maximum atomic E-state index is 8.99. The maximum absolute atomic E-state index is 8.99. The van der Waals surface area contributed by atoms with Gasteiger partial charge in [0.05, 0.1) is 11.6 Å². The molecule has 2 atom stereocenters. The van der Waals surface area contributed by atoms with Crippen LogP contribution < -0.4 is 5.73 Å². The van der Waals surface area contributed by atoms with Gasteiger partial charge in [-0.3, -0.25) is 9.89 Å². The third-order valence-corrected chi connectivity index (χ3v) is 4.44. The molecule has 4 heteroatoms. The highest BCUT2D eigenvalue weighted by atomic mass is 15.3. The molecule has 2 rings (SSSR count). The van der Waals surface area contributed by atoms with Gasteiger partial charge in [-0.05, 0) is 53.0 Å². The Balaban J connectivity index is 2.15. The number of piperidine rings is 1. The molecule has 19 heavy (non-hydrogen) atoms. The second-order valence-electron chi connectivity index (χ2n) is 6.22. The molecule has 2 aliphatic rings. The maximum Gasteiger partial charge on any atom is 0.136 e. The topological polar surface area (TPSA) is 65.4 Å². The summed E-state index contributed by atoms with van der Waals surface area (Å²) in [4.78, 5) is 7.23. The number of nitrogens with zero attached hydrogens (tertiary/aromatic N) is 3. The molecule has 0 spiro atoms. The Morgan fingerprint density at radius 2 is 2.26 bits per heavy atom. The van der Waals surface area contributed by atoms with Crippen LogP contribution in [0.1, 0.15) is 46.5 Å². The summed E-state index contributed by atoms with van der Waals surface area (Å²) in [5.74, 6) is 0.400. The Morgan fingerprint density at radius 1 is 1.53 bits per heavy atom. The molecule has 0 bridgehead atoms.